The molecule has 1 aromatic carbocycles. The minimum Gasteiger partial charge on any atom is -0.497 e. The van der Waals surface area contributed by atoms with Gasteiger partial charge in [0, 0.05) is 24.7 Å². The van der Waals surface area contributed by atoms with Gasteiger partial charge in [0.25, 0.3) is 0 Å². The molecule has 1 heterocycles. The maximum absolute atomic E-state index is 12.3. The number of rotatable bonds is 4. The van der Waals surface area contributed by atoms with E-state index in [4.69, 9.17) is 15.2 Å². The highest BCUT2D eigenvalue weighted by molar-refractivity contribution is 7.85. The van der Waals surface area contributed by atoms with Crippen molar-refractivity contribution in [1.29, 1.82) is 0 Å². The summed E-state index contributed by atoms with van der Waals surface area (Å²) in [5, 5.41) is 0. The second kappa shape index (κ2) is 6.20. The molecule has 1 fully saturated rings. The molecule has 1 atom stereocenters. The van der Waals surface area contributed by atoms with Gasteiger partial charge in [0.15, 0.2) is 0 Å². The monoisotopic (exact) mass is 269 g/mol. The number of anilines is 1. The molecule has 1 aromatic rings. The quantitative estimate of drug-likeness (QED) is 0.847. The average Bonchev–Trinajstić information content (AvgIpc) is 2.40. The lowest BCUT2D eigenvalue weighted by Gasteiger charge is -2.21. The molecule has 1 aliphatic rings. The van der Waals surface area contributed by atoms with Crippen LogP contribution >= 0.6 is 0 Å². The predicted octanol–water partition coefficient (Wildman–Crippen LogP) is 1.81. The van der Waals surface area contributed by atoms with Crippen molar-refractivity contribution in [3.63, 3.8) is 0 Å². The Morgan fingerprint density at radius 1 is 1.44 bits per heavy atom. The summed E-state index contributed by atoms with van der Waals surface area (Å²) in [5.41, 5.74) is 6.45. The molecular formula is C13H19NO3S. The molecule has 2 rings (SSSR count). The molecule has 0 radical (unpaired) electrons. The second-order valence-electron chi connectivity index (χ2n) is 4.47. The van der Waals surface area contributed by atoms with Crippen molar-refractivity contribution < 1.29 is 13.7 Å². The molecule has 0 aliphatic carbocycles. The molecule has 2 N–H and O–H groups in total. The fourth-order valence-electron chi connectivity index (χ4n) is 2.06. The molecule has 0 aromatic heterocycles. The fourth-order valence-corrected chi connectivity index (χ4v) is 3.58. The Morgan fingerprint density at radius 2 is 2.17 bits per heavy atom. The fraction of sp³-hybridized carbons (Fsp3) is 0.538. The largest absolute Gasteiger partial charge is 0.497 e. The van der Waals surface area contributed by atoms with Gasteiger partial charge >= 0.3 is 0 Å². The highest BCUT2D eigenvalue weighted by Crippen LogP contribution is 2.25. The van der Waals surface area contributed by atoms with Crippen molar-refractivity contribution >= 4 is 16.5 Å². The zero-order valence-corrected chi connectivity index (χ0v) is 11.4. The SMILES string of the molecule is COc1ccc(N)c(S(=O)CC2CCOCC2)c1. The minimum atomic E-state index is -1.06. The van der Waals surface area contributed by atoms with Crippen molar-refractivity contribution in [2.24, 2.45) is 5.92 Å². The third kappa shape index (κ3) is 3.23. The smallest absolute Gasteiger partial charge is 0.120 e. The van der Waals surface area contributed by atoms with Crippen LogP contribution in [0.2, 0.25) is 0 Å². The van der Waals surface area contributed by atoms with Crippen molar-refractivity contribution in [2.75, 3.05) is 31.8 Å². The predicted molar refractivity (Wildman–Crippen MR) is 72.2 cm³/mol. The minimum absolute atomic E-state index is 0.463. The lowest BCUT2D eigenvalue weighted by molar-refractivity contribution is 0.0725. The van der Waals surface area contributed by atoms with E-state index < -0.39 is 10.8 Å². The summed E-state index contributed by atoms with van der Waals surface area (Å²) in [5.74, 6) is 1.81. The maximum atomic E-state index is 12.3. The number of benzene rings is 1. The third-order valence-corrected chi connectivity index (χ3v) is 4.81. The molecule has 18 heavy (non-hydrogen) atoms. The molecule has 4 nitrogen and oxygen atoms in total. The molecule has 1 unspecified atom stereocenters. The Kier molecular flexibility index (Phi) is 4.60. The van der Waals surface area contributed by atoms with Crippen LogP contribution in [0.25, 0.3) is 0 Å². The zero-order chi connectivity index (χ0) is 13.0. The Balaban J connectivity index is 2.07. The standard InChI is InChI=1S/C13H19NO3S/c1-16-11-2-3-12(14)13(8-11)18(15)9-10-4-6-17-7-5-10/h2-3,8,10H,4-7,9,14H2,1H3. The number of ether oxygens (including phenoxy) is 2. The molecular weight excluding hydrogens is 250 g/mol. The van der Waals surface area contributed by atoms with Gasteiger partial charge in [-0.1, -0.05) is 0 Å². The van der Waals surface area contributed by atoms with Gasteiger partial charge in [-0.3, -0.25) is 4.21 Å². The van der Waals surface area contributed by atoms with Gasteiger partial charge in [-0.05, 0) is 37.0 Å². The molecule has 0 amide bonds. The highest BCUT2D eigenvalue weighted by atomic mass is 32.2. The molecule has 100 valence electrons. The van der Waals surface area contributed by atoms with Crippen LogP contribution in [0.4, 0.5) is 5.69 Å². The summed E-state index contributed by atoms with van der Waals surface area (Å²) in [6, 6.07) is 5.30. The lowest BCUT2D eigenvalue weighted by atomic mass is 10.0. The summed E-state index contributed by atoms with van der Waals surface area (Å²) in [7, 11) is 0.529. The maximum Gasteiger partial charge on any atom is 0.120 e. The Morgan fingerprint density at radius 3 is 2.83 bits per heavy atom. The van der Waals surface area contributed by atoms with E-state index in [9.17, 15) is 4.21 Å². The van der Waals surface area contributed by atoms with E-state index in [1.54, 1.807) is 25.3 Å². The van der Waals surface area contributed by atoms with E-state index in [0.717, 1.165) is 26.1 Å². The summed E-state index contributed by atoms with van der Waals surface area (Å²) >= 11 is 0. The molecule has 5 heteroatoms. The first-order chi connectivity index (χ1) is 8.70. The van der Waals surface area contributed by atoms with Crippen LogP contribution in [0, 0.1) is 5.92 Å². The summed E-state index contributed by atoms with van der Waals surface area (Å²) in [4.78, 5) is 0.681. The first kappa shape index (κ1) is 13.4. The molecule has 1 aliphatic heterocycles. The van der Waals surface area contributed by atoms with E-state index in [0.29, 0.717) is 28.0 Å². The van der Waals surface area contributed by atoms with Crippen molar-refractivity contribution in [3.05, 3.63) is 18.2 Å². The van der Waals surface area contributed by atoms with Crippen LogP contribution in [0.15, 0.2) is 23.1 Å². The number of nitrogens with two attached hydrogens (primary N) is 1. The van der Waals surface area contributed by atoms with Gasteiger partial charge in [0.2, 0.25) is 0 Å². The van der Waals surface area contributed by atoms with Gasteiger partial charge < -0.3 is 15.2 Å². The van der Waals surface area contributed by atoms with Crippen LogP contribution in [-0.4, -0.2) is 30.3 Å². The number of hydrogen-bond donors (Lipinski definition) is 1. The van der Waals surface area contributed by atoms with Gasteiger partial charge in [0.05, 0.1) is 22.8 Å². The lowest BCUT2D eigenvalue weighted by Crippen LogP contribution is -2.21. The van der Waals surface area contributed by atoms with Crippen molar-refractivity contribution in [1.82, 2.24) is 0 Å². The second-order valence-corrected chi connectivity index (χ2v) is 5.94. The first-order valence-corrected chi connectivity index (χ1v) is 7.42. The van der Waals surface area contributed by atoms with Crippen LogP contribution in [0.3, 0.4) is 0 Å². The Labute approximate surface area is 110 Å². The van der Waals surface area contributed by atoms with E-state index in [1.807, 2.05) is 0 Å². The van der Waals surface area contributed by atoms with Gasteiger partial charge in [-0.15, -0.1) is 0 Å². The summed E-state index contributed by atoms with van der Waals surface area (Å²) in [6.07, 6.45) is 1.96. The Bertz CT molecular complexity index is 430. The van der Waals surface area contributed by atoms with Crippen LogP contribution < -0.4 is 10.5 Å². The van der Waals surface area contributed by atoms with Crippen molar-refractivity contribution in [2.45, 2.75) is 17.7 Å². The molecule has 0 spiro atoms. The van der Waals surface area contributed by atoms with Crippen molar-refractivity contribution in [3.8, 4) is 5.75 Å². The molecule has 0 saturated carbocycles. The van der Waals surface area contributed by atoms with Gasteiger partial charge in [-0.25, -0.2) is 0 Å². The normalized spacial score (nSPS) is 18.5. The Hall–Kier alpha value is -1.07. The van der Waals surface area contributed by atoms with E-state index in [-0.39, 0.29) is 0 Å². The average molecular weight is 269 g/mol. The third-order valence-electron chi connectivity index (χ3n) is 3.19. The van der Waals surface area contributed by atoms with Crippen LogP contribution in [-0.2, 0) is 15.5 Å². The number of methoxy groups -OCH3 is 1. The van der Waals surface area contributed by atoms with Gasteiger partial charge in [0.1, 0.15) is 5.75 Å². The molecule has 1 saturated heterocycles. The number of hydrogen-bond acceptors (Lipinski definition) is 4. The van der Waals surface area contributed by atoms with Crippen LogP contribution in [0.5, 0.6) is 5.75 Å². The molecule has 0 bridgehead atoms. The topological polar surface area (TPSA) is 61.5 Å². The highest BCUT2D eigenvalue weighted by Gasteiger charge is 2.19. The van der Waals surface area contributed by atoms with E-state index in [2.05, 4.69) is 0 Å². The van der Waals surface area contributed by atoms with E-state index in [1.165, 1.54) is 0 Å². The summed E-state index contributed by atoms with van der Waals surface area (Å²) in [6.45, 7) is 1.55. The van der Waals surface area contributed by atoms with Gasteiger partial charge in [-0.2, -0.15) is 0 Å². The zero-order valence-electron chi connectivity index (χ0n) is 10.6. The van der Waals surface area contributed by atoms with E-state index >= 15 is 0 Å². The first-order valence-electron chi connectivity index (χ1n) is 6.10. The van der Waals surface area contributed by atoms with Crippen LogP contribution in [0.1, 0.15) is 12.8 Å². The summed E-state index contributed by atoms with van der Waals surface area (Å²) < 4.78 is 22.8. The number of nitrogen functional groups attached to an aromatic ring is 1.